The molecule has 8 heteroatoms. The number of piperidine rings is 1. The minimum atomic E-state index is -0.290. The Hall–Kier alpha value is -1.83. The maximum atomic E-state index is 12.7. The molecular weight excluding hydrogens is 402 g/mol. The number of anilines is 1. The number of piperazine rings is 1. The van der Waals surface area contributed by atoms with Crippen LogP contribution < -0.4 is 16.0 Å². The molecule has 2 amide bonds. The van der Waals surface area contributed by atoms with Crippen LogP contribution in [0.2, 0.25) is 5.02 Å². The Morgan fingerprint density at radius 1 is 1.17 bits per heavy atom. The Kier molecular flexibility index (Phi) is 6.51. The van der Waals surface area contributed by atoms with Gasteiger partial charge in [-0.1, -0.05) is 17.7 Å². The van der Waals surface area contributed by atoms with Crippen LogP contribution in [0.1, 0.15) is 25.7 Å². The van der Waals surface area contributed by atoms with E-state index in [2.05, 4.69) is 21.2 Å². The van der Waals surface area contributed by atoms with Crippen LogP contribution in [0.3, 0.4) is 0 Å². The van der Waals surface area contributed by atoms with Crippen molar-refractivity contribution >= 4 is 29.1 Å². The average Bonchev–Trinajstić information content (AvgIpc) is 3.07. The second-order valence-corrected chi connectivity index (χ2v) is 9.27. The molecule has 7 nitrogen and oxygen atoms in total. The second-order valence-electron chi connectivity index (χ2n) is 8.84. The van der Waals surface area contributed by atoms with Gasteiger partial charge in [-0.3, -0.25) is 14.5 Å². The van der Waals surface area contributed by atoms with Gasteiger partial charge in [-0.05, 0) is 43.9 Å². The van der Waals surface area contributed by atoms with Crippen molar-refractivity contribution in [2.24, 2.45) is 11.1 Å². The molecule has 3 N–H and O–H groups in total. The molecule has 4 rings (SSSR count). The van der Waals surface area contributed by atoms with E-state index in [0.29, 0.717) is 13.1 Å². The van der Waals surface area contributed by atoms with Gasteiger partial charge in [-0.15, -0.1) is 0 Å². The van der Waals surface area contributed by atoms with Gasteiger partial charge in [0.25, 0.3) is 0 Å². The number of nitrogens with two attached hydrogens (primary N) is 1. The van der Waals surface area contributed by atoms with Crippen LogP contribution in [0.15, 0.2) is 24.3 Å². The lowest BCUT2D eigenvalue weighted by atomic mass is 9.75. The van der Waals surface area contributed by atoms with E-state index in [1.54, 1.807) is 4.90 Å². The van der Waals surface area contributed by atoms with Crippen molar-refractivity contribution in [2.75, 3.05) is 57.3 Å². The van der Waals surface area contributed by atoms with E-state index in [1.165, 1.54) is 5.69 Å². The van der Waals surface area contributed by atoms with Crippen molar-refractivity contribution in [1.29, 1.82) is 0 Å². The first-order chi connectivity index (χ1) is 14.5. The number of halogens is 1. The summed E-state index contributed by atoms with van der Waals surface area (Å²) < 4.78 is 0. The molecule has 1 spiro atoms. The van der Waals surface area contributed by atoms with Gasteiger partial charge in [0.15, 0.2) is 0 Å². The molecule has 3 fully saturated rings. The number of hydrogen-bond acceptors (Lipinski definition) is 5. The molecule has 0 aromatic heterocycles. The van der Waals surface area contributed by atoms with E-state index in [9.17, 15) is 9.59 Å². The van der Waals surface area contributed by atoms with Gasteiger partial charge in [0.1, 0.15) is 0 Å². The molecular formula is C22H32ClN5O2. The number of hydrogen-bond donors (Lipinski definition) is 2. The average molecular weight is 434 g/mol. The summed E-state index contributed by atoms with van der Waals surface area (Å²) >= 11 is 6.12. The monoisotopic (exact) mass is 433 g/mol. The van der Waals surface area contributed by atoms with Crippen molar-refractivity contribution in [2.45, 2.75) is 31.7 Å². The number of rotatable bonds is 5. The predicted octanol–water partition coefficient (Wildman–Crippen LogP) is 1.31. The summed E-state index contributed by atoms with van der Waals surface area (Å²) in [6, 6.07) is 8.28. The van der Waals surface area contributed by atoms with Crippen molar-refractivity contribution in [3.8, 4) is 0 Å². The standard InChI is InChI=1S/C22H32ClN5O2/c23-17-2-1-3-19(14-17)27-12-10-26(11-13-27)7-4-18-15-22(21(30)25-18)5-8-28(9-6-22)20(29)16-24/h1-3,14,18H,4-13,15-16,24H2,(H,25,30). The zero-order valence-corrected chi connectivity index (χ0v) is 18.2. The summed E-state index contributed by atoms with van der Waals surface area (Å²) in [4.78, 5) is 31.2. The molecule has 3 heterocycles. The lowest BCUT2D eigenvalue weighted by Gasteiger charge is -2.37. The smallest absolute Gasteiger partial charge is 0.236 e. The minimum absolute atomic E-state index is 0.0169. The lowest BCUT2D eigenvalue weighted by Crippen LogP contribution is -2.47. The number of benzene rings is 1. The maximum Gasteiger partial charge on any atom is 0.236 e. The Bertz CT molecular complexity index is 773. The van der Waals surface area contributed by atoms with Crippen molar-refractivity contribution in [3.05, 3.63) is 29.3 Å². The molecule has 1 aromatic carbocycles. The Balaban J connectivity index is 1.22. The number of likely N-dealkylation sites (tertiary alicyclic amines) is 1. The predicted molar refractivity (Wildman–Crippen MR) is 119 cm³/mol. The Morgan fingerprint density at radius 3 is 2.57 bits per heavy atom. The van der Waals surface area contributed by atoms with E-state index >= 15 is 0 Å². The third-order valence-electron chi connectivity index (χ3n) is 7.04. The summed E-state index contributed by atoms with van der Waals surface area (Å²) in [5.41, 5.74) is 6.37. The normalized spacial score (nSPS) is 24.3. The quantitative estimate of drug-likeness (QED) is 0.731. The number of carbonyl (C=O) groups is 2. The highest BCUT2D eigenvalue weighted by Crippen LogP contribution is 2.41. The van der Waals surface area contributed by atoms with E-state index in [1.807, 2.05) is 18.2 Å². The first-order valence-corrected chi connectivity index (χ1v) is 11.4. The number of amides is 2. The first-order valence-electron chi connectivity index (χ1n) is 11.0. The molecule has 164 valence electrons. The number of nitrogens with one attached hydrogen (secondary N) is 1. The van der Waals surface area contributed by atoms with E-state index in [4.69, 9.17) is 17.3 Å². The SMILES string of the molecule is NCC(=O)N1CCC2(CC1)CC(CCN1CCN(c3cccc(Cl)c3)CC1)NC2=O. The van der Waals surface area contributed by atoms with E-state index in [0.717, 1.165) is 63.4 Å². The van der Waals surface area contributed by atoms with Gasteiger partial charge >= 0.3 is 0 Å². The summed E-state index contributed by atoms with van der Waals surface area (Å²) in [5, 5.41) is 4.01. The Morgan fingerprint density at radius 2 is 1.90 bits per heavy atom. The van der Waals surface area contributed by atoms with Gasteiger partial charge in [0.05, 0.1) is 12.0 Å². The molecule has 3 aliphatic heterocycles. The maximum absolute atomic E-state index is 12.7. The molecule has 0 bridgehead atoms. The van der Waals surface area contributed by atoms with E-state index < -0.39 is 0 Å². The first kappa shape index (κ1) is 21.4. The van der Waals surface area contributed by atoms with Crippen LogP contribution in [0.5, 0.6) is 0 Å². The number of nitrogens with zero attached hydrogens (tertiary/aromatic N) is 3. The van der Waals surface area contributed by atoms with Crippen molar-refractivity contribution in [1.82, 2.24) is 15.1 Å². The highest BCUT2D eigenvalue weighted by molar-refractivity contribution is 6.30. The molecule has 3 aliphatic rings. The highest BCUT2D eigenvalue weighted by Gasteiger charge is 2.48. The van der Waals surface area contributed by atoms with Crippen LogP contribution in [-0.2, 0) is 9.59 Å². The topological polar surface area (TPSA) is 81.9 Å². The Labute approximate surface area is 183 Å². The van der Waals surface area contributed by atoms with Gasteiger partial charge in [-0.25, -0.2) is 0 Å². The highest BCUT2D eigenvalue weighted by atomic mass is 35.5. The lowest BCUT2D eigenvalue weighted by molar-refractivity contribution is -0.137. The summed E-state index contributed by atoms with van der Waals surface area (Å²) in [6.07, 6.45) is 3.37. The third-order valence-corrected chi connectivity index (χ3v) is 7.28. The molecule has 30 heavy (non-hydrogen) atoms. The number of carbonyl (C=O) groups excluding carboxylic acids is 2. The summed E-state index contributed by atoms with van der Waals surface area (Å²) in [7, 11) is 0. The van der Waals surface area contributed by atoms with Crippen molar-refractivity contribution in [3.63, 3.8) is 0 Å². The minimum Gasteiger partial charge on any atom is -0.369 e. The van der Waals surface area contributed by atoms with Crippen LogP contribution in [-0.4, -0.2) is 80.0 Å². The fraction of sp³-hybridized carbons (Fsp3) is 0.636. The molecule has 1 aromatic rings. The van der Waals surface area contributed by atoms with Crippen LogP contribution in [0.4, 0.5) is 5.69 Å². The zero-order valence-electron chi connectivity index (χ0n) is 17.5. The zero-order chi connectivity index (χ0) is 21.1. The molecule has 1 atom stereocenters. The molecule has 0 radical (unpaired) electrons. The molecule has 0 saturated carbocycles. The van der Waals surface area contributed by atoms with Gasteiger partial charge in [0.2, 0.25) is 11.8 Å². The van der Waals surface area contributed by atoms with Gasteiger partial charge < -0.3 is 20.9 Å². The summed E-state index contributed by atoms with van der Waals surface area (Å²) in [6.45, 7) is 6.36. The van der Waals surface area contributed by atoms with Crippen molar-refractivity contribution < 1.29 is 9.59 Å². The van der Waals surface area contributed by atoms with Gasteiger partial charge in [0, 0.05) is 62.6 Å². The fourth-order valence-electron chi connectivity index (χ4n) is 5.11. The molecule has 1 unspecified atom stereocenters. The van der Waals surface area contributed by atoms with Crippen LogP contribution >= 0.6 is 11.6 Å². The van der Waals surface area contributed by atoms with Crippen LogP contribution in [0.25, 0.3) is 0 Å². The van der Waals surface area contributed by atoms with Gasteiger partial charge in [-0.2, -0.15) is 0 Å². The molecule has 0 aliphatic carbocycles. The van der Waals surface area contributed by atoms with E-state index in [-0.39, 0.29) is 29.8 Å². The fourth-order valence-corrected chi connectivity index (χ4v) is 5.30. The second kappa shape index (κ2) is 9.12. The van der Waals surface area contributed by atoms with Crippen LogP contribution in [0, 0.1) is 5.41 Å². The third kappa shape index (κ3) is 4.58. The largest absolute Gasteiger partial charge is 0.369 e. The molecule has 3 saturated heterocycles. The summed E-state index contributed by atoms with van der Waals surface area (Å²) in [5.74, 6) is 0.162.